The summed E-state index contributed by atoms with van der Waals surface area (Å²) in [7, 11) is 0. The number of hydrogen-bond donors (Lipinski definition) is 1. The standard InChI is InChI=1S/C13H15BrN2O2/c1-8-4-3-5-10-11(15-9(2)17)13(18)16(7-6-14)12(8)10/h3-5,11H,6-7H2,1-2H3,(H,15,17)/t11-/m1/s1. The lowest BCUT2D eigenvalue weighted by atomic mass is 10.1. The van der Waals surface area contributed by atoms with Crippen LogP contribution in [0.3, 0.4) is 0 Å². The second kappa shape index (κ2) is 5.10. The molecule has 4 nitrogen and oxygen atoms in total. The maximum Gasteiger partial charge on any atom is 0.254 e. The highest BCUT2D eigenvalue weighted by Crippen LogP contribution is 2.38. The molecule has 2 rings (SSSR count). The zero-order chi connectivity index (χ0) is 13.3. The number of rotatable bonds is 3. The molecule has 0 aliphatic carbocycles. The molecule has 5 heteroatoms. The SMILES string of the molecule is CC(=O)N[C@H]1C(=O)N(CCBr)c2c(C)cccc21. The van der Waals surface area contributed by atoms with Crippen LogP contribution in [-0.2, 0) is 9.59 Å². The number of nitrogens with zero attached hydrogens (tertiary/aromatic N) is 1. The summed E-state index contributed by atoms with van der Waals surface area (Å²) >= 11 is 3.35. The zero-order valence-electron chi connectivity index (χ0n) is 10.4. The van der Waals surface area contributed by atoms with E-state index in [9.17, 15) is 9.59 Å². The van der Waals surface area contributed by atoms with Crippen molar-refractivity contribution in [3.63, 3.8) is 0 Å². The van der Waals surface area contributed by atoms with Gasteiger partial charge in [-0.25, -0.2) is 0 Å². The van der Waals surface area contributed by atoms with Gasteiger partial charge in [-0.2, -0.15) is 0 Å². The van der Waals surface area contributed by atoms with Gasteiger partial charge in [0.05, 0.1) is 5.69 Å². The van der Waals surface area contributed by atoms with Crippen LogP contribution >= 0.6 is 15.9 Å². The van der Waals surface area contributed by atoms with Crippen LogP contribution in [0.2, 0.25) is 0 Å². The highest BCUT2D eigenvalue weighted by Gasteiger charge is 2.38. The molecule has 0 unspecified atom stereocenters. The minimum atomic E-state index is -0.545. The van der Waals surface area contributed by atoms with E-state index in [2.05, 4.69) is 21.2 Å². The van der Waals surface area contributed by atoms with Gasteiger partial charge in [-0.1, -0.05) is 34.1 Å². The molecule has 0 fully saturated rings. The predicted octanol–water partition coefficient (Wildman–Crippen LogP) is 1.91. The van der Waals surface area contributed by atoms with Gasteiger partial charge < -0.3 is 10.2 Å². The van der Waals surface area contributed by atoms with Gasteiger partial charge in [-0.3, -0.25) is 9.59 Å². The average Bonchev–Trinajstić information content (AvgIpc) is 2.56. The first-order valence-electron chi connectivity index (χ1n) is 5.80. The Morgan fingerprint density at radius 2 is 2.22 bits per heavy atom. The molecule has 1 atom stereocenters. The number of halogens is 1. The van der Waals surface area contributed by atoms with Crippen molar-refractivity contribution < 1.29 is 9.59 Å². The highest BCUT2D eigenvalue weighted by molar-refractivity contribution is 9.09. The summed E-state index contributed by atoms with van der Waals surface area (Å²) in [5.74, 6) is -0.254. The number of nitrogens with one attached hydrogen (secondary N) is 1. The van der Waals surface area contributed by atoms with E-state index in [1.165, 1.54) is 6.92 Å². The minimum Gasteiger partial charge on any atom is -0.341 e. The van der Waals surface area contributed by atoms with Crippen LogP contribution < -0.4 is 10.2 Å². The Morgan fingerprint density at radius 3 is 2.83 bits per heavy atom. The van der Waals surface area contributed by atoms with Crippen molar-refractivity contribution >= 4 is 33.4 Å². The number of aryl methyl sites for hydroxylation is 1. The Labute approximate surface area is 114 Å². The molecular weight excluding hydrogens is 296 g/mol. The number of amides is 2. The normalized spacial score (nSPS) is 17.8. The van der Waals surface area contributed by atoms with Gasteiger partial charge >= 0.3 is 0 Å². The molecule has 1 N–H and O–H groups in total. The van der Waals surface area contributed by atoms with Gasteiger partial charge in [0.25, 0.3) is 5.91 Å². The molecule has 96 valence electrons. The van der Waals surface area contributed by atoms with Crippen molar-refractivity contribution in [2.75, 3.05) is 16.8 Å². The van der Waals surface area contributed by atoms with E-state index in [1.807, 2.05) is 25.1 Å². The summed E-state index contributed by atoms with van der Waals surface area (Å²) in [6, 6.07) is 5.24. The van der Waals surface area contributed by atoms with Crippen LogP contribution in [0, 0.1) is 6.92 Å². The van der Waals surface area contributed by atoms with Crippen molar-refractivity contribution in [3.05, 3.63) is 29.3 Å². The van der Waals surface area contributed by atoms with Crippen LogP contribution in [0.5, 0.6) is 0 Å². The van der Waals surface area contributed by atoms with Crippen molar-refractivity contribution in [2.24, 2.45) is 0 Å². The third-order valence-corrected chi connectivity index (χ3v) is 3.37. The van der Waals surface area contributed by atoms with E-state index in [1.54, 1.807) is 4.90 Å². The molecule has 1 heterocycles. The number of fused-ring (bicyclic) bond motifs is 1. The Balaban J connectivity index is 2.46. The number of alkyl halides is 1. The first-order chi connectivity index (χ1) is 8.56. The van der Waals surface area contributed by atoms with Crippen molar-refractivity contribution in [3.8, 4) is 0 Å². The summed E-state index contributed by atoms with van der Waals surface area (Å²) in [5, 5.41) is 3.43. The van der Waals surface area contributed by atoms with E-state index < -0.39 is 6.04 Å². The number of para-hydroxylation sites is 1. The minimum absolute atomic E-state index is 0.0612. The second-order valence-corrected chi connectivity index (χ2v) is 5.12. The fourth-order valence-electron chi connectivity index (χ4n) is 2.33. The monoisotopic (exact) mass is 310 g/mol. The molecule has 18 heavy (non-hydrogen) atoms. The van der Waals surface area contributed by atoms with Crippen molar-refractivity contribution in [1.82, 2.24) is 5.32 Å². The van der Waals surface area contributed by atoms with Crippen LogP contribution in [0.4, 0.5) is 5.69 Å². The number of hydrogen-bond acceptors (Lipinski definition) is 2. The molecule has 1 aliphatic heterocycles. The summed E-state index contributed by atoms with van der Waals surface area (Å²) in [6.07, 6.45) is 0. The molecular formula is C13H15BrN2O2. The summed E-state index contributed by atoms with van der Waals surface area (Å²) in [5.41, 5.74) is 2.87. The molecule has 0 radical (unpaired) electrons. The van der Waals surface area contributed by atoms with E-state index in [0.29, 0.717) is 11.9 Å². The number of benzene rings is 1. The highest BCUT2D eigenvalue weighted by atomic mass is 79.9. The molecule has 0 saturated carbocycles. The van der Waals surface area contributed by atoms with Gasteiger partial charge in [0.15, 0.2) is 0 Å². The van der Waals surface area contributed by atoms with Crippen molar-refractivity contribution in [2.45, 2.75) is 19.9 Å². The van der Waals surface area contributed by atoms with Gasteiger partial charge in [0.2, 0.25) is 5.91 Å². The fraction of sp³-hybridized carbons (Fsp3) is 0.385. The van der Waals surface area contributed by atoms with Crippen LogP contribution in [-0.4, -0.2) is 23.7 Å². The van der Waals surface area contributed by atoms with Gasteiger partial charge in [-0.05, 0) is 12.5 Å². The van der Waals surface area contributed by atoms with Gasteiger partial charge in [0, 0.05) is 24.4 Å². The molecule has 0 saturated heterocycles. The van der Waals surface area contributed by atoms with Gasteiger partial charge in [0.1, 0.15) is 6.04 Å². The third-order valence-electron chi connectivity index (χ3n) is 3.02. The maximum absolute atomic E-state index is 12.3. The van der Waals surface area contributed by atoms with Crippen molar-refractivity contribution in [1.29, 1.82) is 0 Å². The number of anilines is 1. The topological polar surface area (TPSA) is 49.4 Å². The van der Waals surface area contributed by atoms with Gasteiger partial charge in [-0.15, -0.1) is 0 Å². The first kappa shape index (κ1) is 13.1. The average molecular weight is 311 g/mol. The van der Waals surface area contributed by atoms with E-state index in [0.717, 1.165) is 16.8 Å². The van der Waals surface area contributed by atoms with Crippen LogP contribution in [0.15, 0.2) is 18.2 Å². The molecule has 0 aromatic heterocycles. The number of carbonyl (C=O) groups excluding carboxylic acids is 2. The lowest BCUT2D eigenvalue weighted by Crippen LogP contribution is -2.37. The Hall–Kier alpha value is -1.36. The molecule has 2 amide bonds. The quantitative estimate of drug-likeness (QED) is 0.867. The lowest BCUT2D eigenvalue weighted by molar-refractivity contribution is -0.126. The molecule has 0 bridgehead atoms. The van der Waals surface area contributed by atoms with E-state index >= 15 is 0 Å². The summed E-state index contributed by atoms with van der Waals surface area (Å²) in [6.45, 7) is 4.01. The van der Waals surface area contributed by atoms with Crippen LogP contribution in [0.1, 0.15) is 24.1 Å². The Morgan fingerprint density at radius 1 is 1.50 bits per heavy atom. The largest absolute Gasteiger partial charge is 0.341 e. The Kier molecular flexibility index (Phi) is 3.71. The first-order valence-corrected chi connectivity index (χ1v) is 6.92. The van der Waals surface area contributed by atoms with E-state index in [-0.39, 0.29) is 11.8 Å². The Bertz CT molecular complexity index is 502. The molecule has 0 spiro atoms. The van der Waals surface area contributed by atoms with Crippen LogP contribution in [0.25, 0.3) is 0 Å². The molecule has 1 aliphatic rings. The van der Waals surface area contributed by atoms with E-state index in [4.69, 9.17) is 0 Å². The lowest BCUT2D eigenvalue weighted by Gasteiger charge is -2.18. The third kappa shape index (κ3) is 2.14. The zero-order valence-corrected chi connectivity index (χ0v) is 12.0. The second-order valence-electron chi connectivity index (χ2n) is 4.33. The smallest absolute Gasteiger partial charge is 0.254 e. The molecule has 1 aromatic carbocycles. The summed E-state index contributed by atoms with van der Waals surface area (Å²) in [4.78, 5) is 25.3. The summed E-state index contributed by atoms with van der Waals surface area (Å²) < 4.78 is 0. The fourth-order valence-corrected chi connectivity index (χ4v) is 2.69. The molecule has 1 aromatic rings. The predicted molar refractivity (Wildman–Crippen MR) is 73.9 cm³/mol. The number of carbonyl (C=O) groups is 2. The maximum atomic E-state index is 12.3.